The molecule has 0 fully saturated rings. The van der Waals surface area contributed by atoms with E-state index in [0.29, 0.717) is 30.6 Å². The fourth-order valence-electron chi connectivity index (χ4n) is 3.21. The number of nitrogens with zero attached hydrogens (tertiary/aromatic N) is 4. The normalized spacial score (nSPS) is 10.9. The molecule has 4 aromatic rings. The van der Waals surface area contributed by atoms with Crippen molar-refractivity contribution in [1.29, 1.82) is 0 Å². The molecule has 2 heterocycles. The van der Waals surface area contributed by atoms with Gasteiger partial charge in [0.25, 0.3) is 5.91 Å². The predicted molar refractivity (Wildman–Crippen MR) is 113 cm³/mol. The second kappa shape index (κ2) is 9.29. The Morgan fingerprint density at radius 2 is 1.87 bits per heavy atom. The molecular weight excluding hydrogens is 402 g/mol. The van der Waals surface area contributed by atoms with Crippen LogP contribution in [0.4, 0.5) is 14.6 Å². The quantitative estimate of drug-likeness (QED) is 0.456. The van der Waals surface area contributed by atoms with Crippen LogP contribution in [0.3, 0.4) is 0 Å². The van der Waals surface area contributed by atoms with E-state index in [1.165, 1.54) is 11.9 Å². The molecule has 1 amide bonds. The van der Waals surface area contributed by atoms with Crippen molar-refractivity contribution >= 4 is 22.8 Å². The molecule has 0 aliphatic rings. The van der Waals surface area contributed by atoms with Crippen LogP contribution in [0.2, 0.25) is 0 Å². The highest BCUT2D eigenvalue weighted by atomic mass is 19.1. The largest absolute Gasteiger partial charge is 0.369 e. The van der Waals surface area contributed by atoms with Crippen LogP contribution in [0.1, 0.15) is 15.9 Å². The highest BCUT2D eigenvalue weighted by molar-refractivity contribution is 5.94. The maximum atomic E-state index is 13.7. The van der Waals surface area contributed by atoms with E-state index in [9.17, 15) is 13.6 Å². The van der Waals surface area contributed by atoms with E-state index in [-0.39, 0.29) is 12.1 Å². The number of carbonyl (C=O) groups excluding carboxylic acids is 1. The van der Waals surface area contributed by atoms with Gasteiger partial charge >= 0.3 is 0 Å². The predicted octanol–water partition coefficient (Wildman–Crippen LogP) is 3.19. The summed E-state index contributed by atoms with van der Waals surface area (Å²) in [5.74, 6) is -1.57. The molecule has 0 atom stereocenters. The Balaban J connectivity index is 1.36. The fraction of sp³-hybridized carbons (Fsp3) is 0.182. The molecule has 31 heavy (non-hydrogen) atoms. The number of carbonyl (C=O) groups is 1. The molecule has 158 valence electrons. The minimum Gasteiger partial charge on any atom is -0.369 e. The minimum absolute atomic E-state index is 0.202. The van der Waals surface area contributed by atoms with Gasteiger partial charge in [0.2, 0.25) is 0 Å². The van der Waals surface area contributed by atoms with Crippen molar-refractivity contribution in [3.8, 4) is 0 Å². The molecule has 9 heteroatoms. The van der Waals surface area contributed by atoms with Gasteiger partial charge < -0.3 is 10.6 Å². The van der Waals surface area contributed by atoms with Crippen molar-refractivity contribution < 1.29 is 13.6 Å². The maximum absolute atomic E-state index is 13.7. The summed E-state index contributed by atoms with van der Waals surface area (Å²) >= 11 is 0. The van der Waals surface area contributed by atoms with Crippen LogP contribution >= 0.6 is 0 Å². The Kier molecular flexibility index (Phi) is 6.11. The van der Waals surface area contributed by atoms with Crippen molar-refractivity contribution in [3.63, 3.8) is 0 Å². The molecule has 0 unspecified atom stereocenters. The number of hydrogen-bond acceptors (Lipinski definition) is 5. The highest BCUT2D eigenvalue weighted by Gasteiger charge is 2.13. The number of amides is 1. The van der Waals surface area contributed by atoms with Gasteiger partial charge in [-0.2, -0.15) is 5.10 Å². The van der Waals surface area contributed by atoms with Crippen molar-refractivity contribution in [1.82, 2.24) is 25.1 Å². The van der Waals surface area contributed by atoms with Crippen LogP contribution in [-0.2, 0) is 13.0 Å². The number of hydrogen-bond donors (Lipinski definition) is 2. The summed E-state index contributed by atoms with van der Waals surface area (Å²) in [5.41, 5.74) is 1.64. The van der Waals surface area contributed by atoms with E-state index in [1.807, 2.05) is 18.2 Å². The Morgan fingerprint density at radius 3 is 2.68 bits per heavy atom. The smallest absolute Gasteiger partial charge is 0.254 e. The van der Waals surface area contributed by atoms with E-state index >= 15 is 0 Å². The number of aromatic nitrogens is 4. The lowest BCUT2D eigenvalue weighted by atomic mass is 10.1. The molecule has 0 radical (unpaired) electrons. The van der Waals surface area contributed by atoms with Gasteiger partial charge in [-0.05, 0) is 24.1 Å². The van der Waals surface area contributed by atoms with Gasteiger partial charge in [0.15, 0.2) is 5.65 Å². The Labute approximate surface area is 177 Å². The van der Waals surface area contributed by atoms with Crippen LogP contribution in [0, 0.1) is 11.6 Å². The summed E-state index contributed by atoms with van der Waals surface area (Å²) in [6.07, 6.45) is 3.98. The van der Waals surface area contributed by atoms with Crippen LogP contribution in [-0.4, -0.2) is 38.7 Å². The van der Waals surface area contributed by atoms with Gasteiger partial charge in [-0.1, -0.05) is 30.3 Å². The van der Waals surface area contributed by atoms with Gasteiger partial charge in [-0.15, -0.1) is 0 Å². The lowest BCUT2D eigenvalue weighted by molar-refractivity contribution is 0.0948. The fourth-order valence-corrected chi connectivity index (χ4v) is 3.21. The van der Waals surface area contributed by atoms with Gasteiger partial charge in [0.1, 0.15) is 23.8 Å². The topological polar surface area (TPSA) is 84.7 Å². The lowest BCUT2D eigenvalue weighted by Gasteiger charge is -2.08. The van der Waals surface area contributed by atoms with Gasteiger partial charge in [0.05, 0.1) is 23.7 Å². The number of halogens is 2. The van der Waals surface area contributed by atoms with E-state index < -0.39 is 17.5 Å². The van der Waals surface area contributed by atoms with Crippen molar-refractivity contribution in [3.05, 3.63) is 83.8 Å². The molecule has 4 rings (SSSR count). The minimum atomic E-state index is -0.902. The van der Waals surface area contributed by atoms with Gasteiger partial charge in [0, 0.05) is 19.2 Å². The third kappa shape index (κ3) is 4.82. The zero-order chi connectivity index (χ0) is 21.6. The molecule has 2 N–H and O–H groups in total. The molecule has 0 saturated carbocycles. The van der Waals surface area contributed by atoms with Crippen molar-refractivity contribution in [2.45, 2.75) is 13.0 Å². The summed E-state index contributed by atoms with van der Waals surface area (Å²) < 4.78 is 28.4. The molecule has 2 aromatic heterocycles. The summed E-state index contributed by atoms with van der Waals surface area (Å²) in [6, 6.07) is 13.0. The monoisotopic (exact) mass is 422 g/mol. The molecule has 2 aromatic carbocycles. The molecular formula is C22H20F2N6O. The van der Waals surface area contributed by atoms with Crippen LogP contribution in [0.5, 0.6) is 0 Å². The number of rotatable bonds is 8. The van der Waals surface area contributed by atoms with Crippen LogP contribution in [0.25, 0.3) is 11.0 Å². The third-order valence-electron chi connectivity index (χ3n) is 4.77. The number of fused-ring (bicyclic) bond motifs is 1. The molecule has 0 aliphatic heterocycles. The summed E-state index contributed by atoms with van der Waals surface area (Å²) in [5, 5.41) is 11.0. The van der Waals surface area contributed by atoms with Crippen molar-refractivity contribution in [2.24, 2.45) is 0 Å². The second-order valence-corrected chi connectivity index (χ2v) is 6.87. The second-order valence-electron chi connectivity index (χ2n) is 6.87. The first-order valence-electron chi connectivity index (χ1n) is 9.79. The molecule has 0 bridgehead atoms. The first-order valence-corrected chi connectivity index (χ1v) is 9.79. The van der Waals surface area contributed by atoms with Crippen LogP contribution in [0.15, 0.2) is 61.1 Å². The zero-order valence-electron chi connectivity index (χ0n) is 16.6. The lowest BCUT2D eigenvalue weighted by Crippen LogP contribution is -2.28. The van der Waals surface area contributed by atoms with Crippen LogP contribution < -0.4 is 10.6 Å². The maximum Gasteiger partial charge on any atom is 0.254 e. The Bertz CT molecular complexity index is 1200. The average Bonchev–Trinajstić information content (AvgIpc) is 3.18. The van der Waals surface area contributed by atoms with Crippen molar-refractivity contribution in [2.75, 3.05) is 18.4 Å². The summed E-state index contributed by atoms with van der Waals surface area (Å²) in [4.78, 5) is 20.7. The van der Waals surface area contributed by atoms with E-state index in [4.69, 9.17) is 0 Å². The van der Waals surface area contributed by atoms with E-state index in [2.05, 4.69) is 37.8 Å². The number of nitrogens with one attached hydrogen (secondary N) is 2. The molecule has 0 aliphatic carbocycles. The summed E-state index contributed by atoms with van der Waals surface area (Å²) in [6.45, 7) is 1.24. The first kappa shape index (κ1) is 20.4. The Hall–Kier alpha value is -3.88. The zero-order valence-corrected chi connectivity index (χ0v) is 16.6. The highest BCUT2D eigenvalue weighted by Crippen LogP contribution is 2.18. The average molecular weight is 422 g/mol. The Morgan fingerprint density at radius 1 is 1.03 bits per heavy atom. The molecule has 7 nitrogen and oxygen atoms in total. The first-order chi connectivity index (χ1) is 15.1. The van der Waals surface area contributed by atoms with Gasteiger partial charge in [-0.25, -0.2) is 23.4 Å². The number of benzene rings is 2. The van der Waals surface area contributed by atoms with Gasteiger partial charge in [-0.3, -0.25) is 4.79 Å². The number of anilines is 1. The van der Waals surface area contributed by atoms with E-state index in [1.54, 1.807) is 10.9 Å². The standard InChI is InChI=1S/C22H20F2N6O/c23-16-6-7-17(19(24)12-16)22(31)26-10-11-30-21-18(13-29-30)20(27-14-28-21)25-9-8-15-4-2-1-3-5-15/h1-7,12-14H,8-11H2,(H,26,31)(H,25,27,28). The molecule has 0 saturated heterocycles. The van der Waals surface area contributed by atoms with E-state index in [0.717, 1.165) is 23.9 Å². The summed E-state index contributed by atoms with van der Waals surface area (Å²) in [7, 11) is 0. The molecule has 0 spiro atoms. The third-order valence-corrected chi connectivity index (χ3v) is 4.77. The SMILES string of the molecule is O=C(NCCn1ncc2c(NCCc3ccccc3)ncnc21)c1ccc(F)cc1F.